The van der Waals surface area contributed by atoms with Crippen LogP contribution in [0.15, 0.2) is 48.7 Å². The topological polar surface area (TPSA) is 65.6 Å². The standard InChI is InChI=1S/C18H16N2O3/c1-20-16-6-4-3-5-13(16)18(22,17(20)21)14-10-19-15-8-7-11(23-2)9-12(14)15/h3-10,19,22H,1-2H3. The van der Waals surface area contributed by atoms with Gasteiger partial charge >= 0.3 is 0 Å². The van der Waals surface area contributed by atoms with Gasteiger partial charge in [-0.25, -0.2) is 0 Å². The summed E-state index contributed by atoms with van der Waals surface area (Å²) in [4.78, 5) is 17.4. The van der Waals surface area contributed by atoms with Gasteiger partial charge in [0.1, 0.15) is 5.75 Å². The summed E-state index contributed by atoms with van der Waals surface area (Å²) in [6, 6.07) is 12.8. The summed E-state index contributed by atoms with van der Waals surface area (Å²) in [7, 11) is 3.26. The number of ether oxygens (including phenoxy) is 1. The van der Waals surface area contributed by atoms with Crippen LogP contribution in [-0.2, 0) is 10.4 Å². The molecule has 2 heterocycles. The molecule has 0 fully saturated rings. The lowest BCUT2D eigenvalue weighted by Gasteiger charge is -2.21. The number of para-hydroxylation sites is 1. The van der Waals surface area contributed by atoms with Crippen LogP contribution >= 0.6 is 0 Å². The number of nitrogens with one attached hydrogen (secondary N) is 1. The number of methoxy groups -OCH3 is 1. The van der Waals surface area contributed by atoms with Crippen molar-refractivity contribution >= 4 is 22.5 Å². The van der Waals surface area contributed by atoms with Gasteiger partial charge in [0.15, 0.2) is 5.60 Å². The number of fused-ring (bicyclic) bond motifs is 2. The number of carbonyl (C=O) groups excluding carboxylic acids is 1. The molecule has 116 valence electrons. The summed E-state index contributed by atoms with van der Waals surface area (Å²) in [5, 5.41) is 12.1. The Labute approximate surface area is 133 Å². The van der Waals surface area contributed by atoms with Crippen LogP contribution < -0.4 is 9.64 Å². The van der Waals surface area contributed by atoms with E-state index in [1.165, 1.54) is 4.90 Å². The Balaban J connectivity index is 2.02. The minimum atomic E-state index is -1.70. The largest absolute Gasteiger partial charge is 0.497 e. The van der Waals surface area contributed by atoms with Crippen LogP contribution in [0.4, 0.5) is 5.69 Å². The lowest BCUT2D eigenvalue weighted by molar-refractivity contribution is -0.131. The number of aromatic nitrogens is 1. The summed E-state index contributed by atoms with van der Waals surface area (Å²) >= 11 is 0. The summed E-state index contributed by atoms with van der Waals surface area (Å²) in [6.45, 7) is 0. The summed E-state index contributed by atoms with van der Waals surface area (Å²) in [5.74, 6) is 0.316. The van der Waals surface area contributed by atoms with Crippen LogP contribution in [0.25, 0.3) is 10.9 Å². The Kier molecular flexibility index (Phi) is 2.77. The molecule has 1 aromatic heterocycles. The van der Waals surface area contributed by atoms with Crippen molar-refractivity contribution in [3.63, 3.8) is 0 Å². The number of amides is 1. The fourth-order valence-corrected chi connectivity index (χ4v) is 3.33. The number of rotatable bonds is 2. The number of likely N-dealkylation sites (N-methyl/N-ethyl adjacent to an activating group) is 1. The number of anilines is 1. The molecule has 23 heavy (non-hydrogen) atoms. The summed E-state index contributed by atoms with van der Waals surface area (Å²) in [6.07, 6.45) is 1.69. The van der Waals surface area contributed by atoms with Gasteiger partial charge in [-0.15, -0.1) is 0 Å². The zero-order valence-electron chi connectivity index (χ0n) is 12.8. The van der Waals surface area contributed by atoms with Crippen molar-refractivity contribution in [1.29, 1.82) is 0 Å². The molecular weight excluding hydrogens is 292 g/mol. The predicted molar refractivity (Wildman–Crippen MR) is 87.7 cm³/mol. The highest BCUT2D eigenvalue weighted by Gasteiger charge is 2.50. The second-order valence-corrected chi connectivity index (χ2v) is 5.71. The Hall–Kier alpha value is -2.79. The number of hydrogen-bond donors (Lipinski definition) is 2. The van der Waals surface area contributed by atoms with Gasteiger partial charge in [-0.05, 0) is 24.3 Å². The van der Waals surface area contributed by atoms with E-state index in [9.17, 15) is 9.90 Å². The van der Waals surface area contributed by atoms with Gasteiger partial charge in [0.05, 0.1) is 12.8 Å². The first kappa shape index (κ1) is 13.8. The van der Waals surface area contributed by atoms with Crippen LogP contribution in [0.3, 0.4) is 0 Å². The van der Waals surface area contributed by atoms with E-state index in [0.29, 0.717) is 16.9 Å². The van der Waals surface area contributed by atoms with Crippen LogP contribution in [0.2, 0.25) is 0 Å². The maximum absolute atomic E-state index is 12.8. The molecule has 1 atom stereocenters. The lowest BCUT2D eigenvalue weighted by Crippen LogP contribution is -2.39. The van der Waals surface area contributed by atoms with E-state index in [1.54, 1.807) is 26.4 Å². The Morgan fingerprint density at radius 2 is 1.96 bits per heavy atom. The molecule has 5 nitrogen and oxygen atoms in total. The third-order valence-electron chi connectivity index (χ3n) is 4.55. The average molecular weight is 308 g/mol. The molecule has 0 bridgehead atoms. The van der Waals surface area contributed by atoms with Crippen molar-refractivity contribution in [3.05, 3.63) is 59.8 Å². The van der Waals surface area contributed by atoms with Gasteiger partial charge in [-0.2, -0.15) is 0 Å². The third-order valence-corrected chi connectivity index (χ3v) is 4.55. The van der Waals surface area contributed by atoms with Crippen LogP contribution in [0.1, 0.15) is 11.1 Å². The van der Waals surface area contributed by atoms with Crippen molar-refractivity contribution < 1.29 is 14.6 Å². The monoisotopic (exact) mass is 308 g/mol. The maximum atomic E-state index is 12.8. The van der Waals surface area contributed by atoms with Crippen LogP contribution in [0.5, 0.6) is 5.75 Å². The highest BCUT2D eigenvalue weighted by atomic mass is 16.5. The van der Waals surface area contributed by atoms with Crippen molar-refractivity contribution in [2.75, 3.05) is 19.1 Å². The molecule has 1 aliphatic heterocycles. The molecule has 0 spiro atoms. The van der Waals surface area contributed by atoms with E-state index in [4.69, 9.17) is 4.74 Å². The SMILES string of the molecule is COc1ccc2[nH]cc(C3(O)C(=O)N(C)c4ccccc43)c2c1. The van der Waals surface area contributed by atoms with Crippen LogP contribution in [0, 0.1) is 0 Å². The zero-order chi connectivity index (χ0) is 16.2. The van der Waals surface area contributed by atoms with E-state index in [1.807, 2.05) is 36.4 Å². The first-order valence-corrected chi connectivity index (χ1v) is 7.33. The minimum absolute atomic E-state index is 0.359. The number of aliphatic hydroxyl groups is 1. The zero-order valence-corrected chi connectivity index (χ0v) is 12.8. The van der Waals surface area contributed by atoms with E-state index >= 15 is 0 Å². The molecule has 0 radical (unpaired) electrons. The number of hydrogen-bond acceptors (Lipinski definition) is 3. The van der Waals surface area contributed by atoms with Crippen LogP contribution in [-0.4, -0.2) is 30.2 Å². The molecule has 0 saturated carbocycles. The smallest absolute Gasteiger partial charge is 0.268 e. The van der Waals surface area contributed by atoms with Crippen molar-refractivity contribution in [2.45, 2.75) is 5.60 Å². The van der Waals surface area contributed by atoms with Crippen molar-refractivity contribution in [2.24, 2.45) is 0 Å². The average Bonchev–Trinajstić information content (AvgIpc) is 3.10. The highest BCUT2D eigenvalue weighted by Crippen LogP contribution is 2.45. The molecule has 2 aromatic carbocycles. The predicted octanol–water partition coefficient (Wildman–Crippen LogP) is 2.39. The van der Waals surface area contributed by atoms with Crippen molar-refractivity contribution in [1.82, 2.24) is 4.98 Å². The van der Waals surface area contributed by atoms with Gasteiger partial charge in [0, 0.05) is 35.3 Å². The molecule has 3 aromatic rings. The fraction of sp³-hybridized carbons (Fsp3) is 0.167. The first-order valence-electron chi connectivity index (χ1n) is 7.33. The van der Waals surface area contributed by atoms with E-state index in [-0.39, 0.29) is 5.91 Å². The van der Waals surface area contributed by atoms with E-state index < -0.39 is 5.60 Å². The molecule has 2 N–H and O–H groups in total. The van der Waals surface area contributed by atoms with E-state index in [0.717, 1.165) is 16.6 Å². The normalized spacial score (nSPS) is 20.1. The van der Waals surface area contributed by atoms with Gasteiger partial charge in [-0.1, -0.05) is 18.2 Å². The minimum Gasteiger partial charge on any atom is -0.497 e. The number of benzene rings is 2. The fourth-order valence-electron chi connectivity index (χ4n) is 3.33. The van der Waals surface area contributed by atoms with Gasteiger partial charge in [-0.3, -0.25) is 4.79 Å². The quantitative estimate of drug-likeness (QED) is 0.764. The maximum Gasteiger partial charge on any atom is 0.268 e. The molecule has 0 saturated heterocycles. The summed E-state index contributed by atoms with van der Waals surface area (Å²) in [5.41, 5.74) is 0.992. The van der Waals surface area contributed by atoms with Crippen molar-refractivity contribution in [3.8, 4) is 5.75 Å². The Morgan fingerprint density at radius 1 is 1.17 bits per heavy atom. The third kappa shape index (κ3) is 1.68. The number of nitrogens with zero attached hydrogens (tertiary/aromatic N) is 1. The second kappa shape index (κ2) is 4.60. The number of aromatic amines is 1. The molecule has 1 aliphatic rings. The lowest BCUT2D eigenvalue weighted by atomic mass is 9.87. The summed E-state index contributed by atoms with van der Waals surface area (Å²) < 4.78 is 5.27. The number of carbonyl (C=O) groups is 1. The molecule has 1 amide bonds. The molecule has 1 unspecified atom stereocenters. The molecule has 4 rings (SSSR count). The van der Waals surface area contributed by atoms with Gasteiger partial charge < -0.3 is 19.7 Å². The van der Waals surface area contributed by atoms with Gasteiger partial charge in [0.2, 0.25) is 0 Å². The molecule has 5 heteroatoms. The Bertz CT molecular complexity index is 931. The van der Waals surface area contributed by atoms with Gasteiger partial charge in [0.25, 0.3) is 5.91 Å². The molecule has 0 aliphatic carbocycles. The second-order valence-electron chi connectivity index (χ2n) is 5.71. The molecular formula is C18H16N2O3. The number of H-pyrrole nitrogens is 1. The first-order chi connectivity index (χ1) is 11.1. The highest BCUT2D eigenvalue weighted by molar-refractivity contribution is 6.10. The van der Waals surface area contributed by atoms with E-state index in [2.05, 4.69) is 4.98 Å². The Morgan fingerprint density at radius 3 is 2.74 bits per heavy atom.